The maximum absolute atomic E-state index is 10.4. The van der Waals surface area contributed by atoms with Crippen LogP contribution in [0.4, 0.5) is 0 Å². The van der Waals surface area contributed by atoms with Crippen LogP contribution in [-0.4, -0.2) is 15.1 Å². The number of hydrogen-bond acceptors (Lipinski definition) is 5. The molecule has 4 heterocycles. The van der Waals surface area contributed by atoms with E-state index in [0.29, 0.717) is 5.02 Å². The van der Waals surface area contributed by atoms with Crippen molar-refractivity contribution in [2.75, 3.05) is 0 Å². The van der Waals surface area contributed by atoms with Gasteiger partial charge in [0.15, 0.2) is 0 Å². The molecule has 6 rings (SSSR count). The minimum Gasteiger partial charge on any atom is -0.382 e. The van der Waals surface area contributed by atoms with Crippen molar-refractivity contribution < 1.29 is 5.11 Å². The molecular formula is C26H19Cl3N2OS2. The molecule has 2 aromatic carbocycles. The first kappa shape index (κ1) is 24.0. The molecule has 4 aromatic rings. The molecule has 2 aliphatic rings. The van der Waals surface area contributed by atoms with Gasteiger partial charge >= 0.3 is 0 Å². The van der Waals surface area contributed by atoms with Crippen molar-refractivity contribution in [3.63, 3.8) is 0 Å². The van der Waals surface area contributed by atoms with Crippen LogP contribution in [0, 0.1) is 0 Å². The lowest BCUT2D eigenvalue weighted by Gasteiger charge is -2.12. The van der Waals surface area contributed by atoms with Gasteiger partial charge in [0.1, 0.15) is 11.5 Å². The molecule has 0 aliphatic carbocycles. The summed E-state index contributed by atoms with van der Waals surface area (Å²) in [6.07, 6.45) is 2.85. The van der Waals surface area contributed by atoms with Crippen LogP contribution in [0.2, 0.25) is 10.0 Å². The average molecular weight is 546 g/mol. The third-order valence-electron chi connectivity index (χ3n) is 5.64. The Morgan fingerprint density at radius 3 is 1.91 bits per heavy atom. The monoisotopic (exact) mass is 544 g/mol. The van der Waals surface area contributed by atoms with Gasteiger partial charge in [0, 0.05) is 49.3 Å². The summed E-state index contributed by atoms with van der Waals surface area (Å²) in [7, 11) is 0. The third kappa shape index (κ3) is 4.97. The quantitative estimate of drug-likeness (QED) is 0.226. The molecular weight excluding hydrogens is 527 g/mol. The molecule has 1 N–H and O–H groups in total. The number of hydrogen-bond donors (Lipinski definition) is 1. The first-order valence-electron chi connectivity index (χ1n) is 10.6. The number of pyridine rings is 2. The second-order valence-electron chi connectivity index (χ2n) is 7.80. The molecule has 34 heavy (non-hydrogen) atoms. The average Bonchev–Trinajstić information content (AvgIpc) is 3.08. The van der Waals surface area contributed by atoms with Crippen molar-refractivity contribution in [2.45, 2.75) is 32.8 Å². The molecule has 0 spiro atoms. The van der Waals surface area contributed by atoms with E-state index in [4.69, 9.17) is 34.8 Å². The summed E-state index contributed by atoms with van der Waals surface area (Å²) in [5.41, 5.74) is 5.97. The highest BCUT2D eigenvalue weighted by Crippen LogP contribution is 2.42. The lowest BCUT2D eigenvalue weighted by molar-refractivity contribution is 0.212. The van der Waals surface area contributed by atoms with E-state index in [-0.39, 0.29) is 5.38 Å². The number of rotatable bonds is 0. The van der Waals surface area contributed by atoms with Crippen LogP contribution >= 0.6 is 58.3 Å². The largest absolute Gasteiger partial charge is 0.382 e. The Morgan fingerprint density at radius 1 is 0.735 bits per heavy atom. The van der Waals surface area contributed by atoms with Crippen LogP contribution in [0.5, 0.6) is 0 Å². The first-order valence-corrected chi connectivity index (χ1v) is 13.7. The fourth-order valence-electron chi connectivity index (χ4n) is 3.93. The molecule has 0 amide bonds. The molecule has 0 saturated heterocycles. The standard InChI is InChI=1S/C13H9Cl2NS.C13H10ClNOS/c14-9-3-4-10-11(6-9)17-7-8-2-1-5-16-13(8)12(10)15;14-9-3-4-10-11(6-9)17-7-8-2-1-5-15-12(8)13(10)16/h1-6,12H,7H2;1-6,13,16H,7H2. The fraction of sp³-hybridized carbons (Fsp3) is 0.154. The van der Waals surface area contributed by atoms with Crippen LogP contribution in [-0.2, 0) is 11.5 Å². The summed E-state index contributed by atoms with van der Waals surface area (Å²) in [6.45, 7) is 0. The predicted molar refractivity (Wildman–Crippen MR) is 142 cm³/mol. The maximum atomic E-state index is 10.4. The molecule has 2 unspecified atom stereocenters. The first-order chi connectivity index (χ1) is 16.5. The van der Waals surface area contributed by atoms with Gasteiger partial charge in [0.25, 0.3) is 0 Å². The van der Waals surface area contributed by atoms with Gasteiger partial charge in [0.05, 0.1) is 11.4 Å². The summed E-state index contributed by atoms with van der Waals surface area (Å²) < 4.78 is 0. The summed E-state index contributed by atoms with van der Waals surface area (Å²) in [6, 6.07) is 19.4. The zero-order valence-electron chi connectivity index (χ0n) is 17.8. The summed E-state index contributed by atoms with van der Waals surface area (Å²) >= 11 is 22.0. The number of aliphatic hydroxyl groups excluding tert-OH is 1. The van der Waals surface area contributed by atoms with E-state index in [1.165, 1.54) is 5.56 Å². The Balaban J connectivity index is 0.000000142. The Labute approximate surface area is 221 Å². The second kappa shape index (κ2) is 10.5. The molecule has 2 aromatic heterocycles. The molecule has 0 radical (unpaired) electrons. The van der Waals surface area contributed by atoms with E-state index in [0.717, 1.165) is 54.4 Å². The highest BCUT2D eigenvalue weighted by Gasteiger charge is 2.24. The van der Waals surface area contributed by atoms with Crippen molar-refractivity contribution in [3.8, 4) is 0 Å². The zero-order valence-corrected chi connectivity index (χ0v) is 21.7. The Hall–Kier alpha value is -1.73. The van der Waals surface area contributed by atoms with E-state index in [9.17, 15) is 5.11 Å². The molecule has 3 nitrogen and oxygen atoms in total. The lowest BCUT2D eigenvalue weighted by Crippen LogP contribution is -2.04. The number of aromatic nitrogens is 2. The van der Waals surface area contributed by atoms with Gasteiger partial charge in [-0.15, -0.1) is 35.1 Å². The van der Waals surface area contributed by atoms with Gasteiger partial charge in [-0.05, 0) is 53.1 Å². The predicted octanol–water partition coefficient (Wildman–Crippen LogP) is 8.09. The van der Waals surface area contributed by atoms with Crippen molar-refractivity contribution in [1.82, 2.24) is 9.97 Å². The molecule has 0 saturated carbocycles. The Bertz CT molecular complexity index is 1250. The van der Waals surface area contributed by atoms with Gasteiger partial charge in [-0.3, -0.25) is 9.97 Å². The number of benzene rings is 2. The van der Waals surface area contributed by atoms with Crippen molar-refractivity contribution in [3.05, 3.63) is 117 Å². The number of aliphatic hydroxyl groups is 1. The van der Waals surface area contributed by atoms with Gasteiger partial charge in [-0.2, -0.15) is 0 Å². The smallest absolute Gasteiger partial charge is 0.122 e. The molecule has 172 valence electrons. The Kier molecular flexibility index (Phi) is 7.40. The Morgan fingerprint density at radius 2 is 1.26 bits per heavy atom. The second-order valence-corrected chi connectivity index (χ2v) is 11.1. The van der Waals surface area contributed by atoms with E-state index < -0.39 is 6.10 Å². The molecule has 2 atom stereocenters. The third-order valence-corrected chi connectivity index (χ3v) is 8.79. The van der Waals surface area contributed by atoms with Crippen LogP contribution in [0.3, 0.4) is 0 Å². The SMILES string of the molecule is Clc1ccc2c(c1)SCc1cccnc1C2Cl.OC1c2ccc(Cl)cc2SCc2cccnc21. The molecule has 8 heteroatoms. The summed E-state index contributed by atoms with van der Waals surface area (Å²) in [5, 5.41) is 11.6. The van der Waals surface area contributed by atoms with E-state index >= 15 is 0 Å². The van der Waals surface area contributed by atoms with Gasteiger partial charge < -0.3 is 5.11 Å². The number of fused-ring (bicyclic) bond motifs is 4. The van der Waals surface area contributed by atoms with E-state index in [1.54, 1.807) is 42.0 Å². The van der Waals surface area contributed by atoms with Gasteiger partial charge in [0.2, 0.25) is 0 Å². The normalized spacial score (nSPS) is 18.1. The summed E-state index contributed by atoms with van der Waals surface area (Å²) in [4.78, 5) is 10.9. The van der Waals surface area contributed by atoms with Crippen molar-refractivity contribution >= 4 is 58.3 Å². The minimum absolute atomic E-state index is 0.187. The van der Waals surface area contributed by atoms with Gasteiger partial charge in [-0.25, -0.2) is 0 Å². The van der Waals surface area contributed by atoms with Crippen molar-refractivity contribution in [1.29, 1.82) is 0 Å². The van der Waals surface area contributed by atoms with Crippen LogP contribution in [0.25, 0.3) is 0 Å². The van der Waals surface area contributed by atoms with Crippen molar-refractivity contribution in [2.24, 2.45) is 0 Å². The summed E-state index contributed by atoms with van der Waals surface area (Å²) in [5.74, 6) is 1.70. The van der Waals surface area contributed by atoms with E-state index in [1.807, 2.05) is 48.5 Å². The molecule has 0 fully saturated rings. The minimum atomic E-state index is -0.659. The topological polar surface area (TPSA) is 46.0 Å². The van der Waals surface area contributed by atoms with E-state index in [2.05, 4.69) is 16.0 Å². The highest BCUT2D eigenvalue weighted by molar-refractivity contribution is 7.98. The highest BCUT2D eigenvalue weighted by atomic mass is 35.5. The van der Waals surface area contributed by atoms with Crippen LogP contribution in [0.15, 0.2) is 82.8 Å². The molecule has 0 bridgehead atoms. The van der Waals surface area contributed by atoms with Crippen LogP contribution in [0.1, 0.15) is 45.1 Å². The van der Waals surface area contributed by atoms with Gasteiger partial charge in [-0.1, -0.05) is 47.5 Å². The zero-order chi connectivity index (χ0) is 23.7. The lowest BCUT2D eigenvalue weighted by atomic mass is 10.0. The number of thioether (sulfide) groups is 2. The molecule has 2 aliphatic heterocycles. The number of nitrogens with zero attached hydrogens (tertiary/aromatic N) is 2. The number of halogens is 3. The maximum Gasteiger partial charge on any atom is 0.122 e. The number of alkyl halides is 1. The van der Waals surface area contributed by atoms with Crippen LogP contribution < -0.4 is 0 Å². The fourth-order valence-corrected chi connectivity index (χ4v) is 7.08.